The van der Waals surface area contributed by atoms with E-state index in [-0.39, 0.29) is 23.4 Å². The summed E-state index contributed by atoms with van der Waals surface area (Å²) in [5, 5.41) is 8.19. The van der Waals surface area contributed by atoms with Gasteiger partial charge in [0.1, 0.15) is 0 Å². The molecular weight excluding hydrogens is 346 g/mol. The van der Waals surface area contributed by atoms with Crippen LogP contribution in [0.5, 0.6) is 0 Å². The third-order valence-electron chi connectivity index (χ3n) is 4.78. The van der Waals surface area contributed by atoms with E-state index in [4.69, 9.17) is 0 Å². The molecule has 1 aromatic heterocycles. The molecule has 2 aromatic rings. The number of rotatable bonds is 4. The Balaban J connectivity index is 1.72. The predicted octanol–water partition coefficient (Wildman–Crippen LogP) is -1.20. The Morgan fingerprint density at radius 1 is 1.19 bits per heavy atom. The molecule has 2 heterocycles. The zero-order valence-electron chi connectivity index (χ0n) is 16.0. The van der Waals surface area contributed by atoms with Crippen molar-refractivity contribution >= 4 is 22.6 Å². The van der Waals surface area contributed by atoms with Gasteiger partial charge in [0, 0.05) is 18.5 Å². The molecule has 0 atom stereocenters. The first-order valence-electron chi connectivity index (χ1n) is 9.25. The molecule has 0 radical (unpaired) electrons. The number of benzene rings is 1. The number of aryl methyl sites for hydroxylation is 1. The van der Waals surface area contributed by atoms with Crippen LogP contribution in [0.25, 0.3) is 10.8 Å². The van der Waals surface area contributed by atoms with Crippen molar-refractivity contribution in [2.24, 2.45) is 7.05 Å². The lowest BCUT2D eigenvalue weighted by Gasteiger charge is -2.32. The van der Waals surface area contributed by atoms with E-state index in [1.807, 2.05) is 13.8 Å². The maximum atomic E-state index is 13.0. The Bertz CT molecular complexity index is 913. The van der Waals surface area contributed by atoms with Crippen molar-refractivity contribution in [1.82, 2.24) is 20.0 Å². The molecule has 0 unspecified atom stereocenters. The Morgan fingerprint density at radius 2 is 1.81 bits per heavy atom. The SMILES string of the molecule is CC(C)NC(=O)C[NH+]1CCN(C(=O)c2nn(C)c(=O)c3ccccc23)CC1. The van der Waals surface area contributed by atoms with Gasteiger partial charge in [0.15, 0.2) is 12.2 Å². The van der Waals surface area contributed by atoms with Crippen molar-refractivity contribution < 1.29 is 14.5 Å². The van der Waals surface area contributed by atoms with Gasteiger partial charge in [-0.15, -0.1) is 0 Å². The maximum Gasteiger partial charge on any atom is 0.275 e. The summed E-state index contributed by atoms with van der Waals surface area (Å²) >= 11 is 0. The molecule has 1 aliphatic rings. The van der Waals surface area contributed by atoms with Gasteiger partial charge in [0.2, 0.25) is 0 Å². The topological polar surface area (TPSA) is 88.7 Å². The normalized spacial score (nSPS) is 15.3. The Kier molecular flexibility index (Phi) is 5.55. The first-order valence-corrected chi connectivity index (χ1v) is 9.25. The van der Waals surface area contributed by atoms with Gasteiger partial charge in [-0.3, -0.25) is 14.4 Å². The molecule has 0 saturated carbocycles. The van der Waals surface area contributed by atoms with Gasteiger partial charge in [-0.2, -0.15) is 5.10 Å². The van der Waals surface area contributed by atoms with E-state index >= 15 is 0 Å². The summed E-state index contributed by atoms with van der Waals surface area (Å²) in [5.74, 6) is -0.141. The zero-order chi connectivity index (χ0) is 19.6. The number of hydrogen-bond donors (Lipinski definition) is 2. The highest BCUT2D eigenvalue weighted by atomic mass is 16.2. The Labute approximate surface area is 157 Å². The Hall–Kier alpha value is -2.74. The molecule has 2 amide bonds. The van der Waals surface area contributed by atoms with Crippen LogP contribution in [0.1, 0.15) is 24.3 Å². The highest BCUT2D eigenvalue weighted by Crippen LogP contribution is 2.15. The summed E-state index contributed by atoms with van der Waals surface area (Å²) in [4.78, 5) is 40.1. The van der Waals surface area contributed by atoms with Crippen molar-refractivity contribution in [2.75, 3.05) is 32.7 Å². The van der Waals surface area contributed by atoms with Crippen LogP contribution < -0.4 is 15.8 Å². The predicted molar refractivity (Wildman–Crippen MR) is 102 cm³/mol. The fourth-order valence-corrected chi connectivity index (χ4v) is 3.41. The second kappa shape index (κ2) is 7.87. The van der Waals surface area contributed by atoms with E-state index in [1.54, 1.807) is 36.2 Å². The van der Waals surface area contributed by atoms with Gasteiger partial charge >= 0.3 is 0 Å². The molecule has 27 heavy (non-hydrogen) atoms. The van der Waals surface area contributed by atoms with Crippen LogP contribution in [-0.2, 0) is 11.8 Å². The van der Waals surface area contributed by atoms with E-state index in [0.29, 0.717) is 49.2 Å². The molecule has 1 aromatic carbocycles. The molecule has 3 rings (SSSR count). The van der Waals surface area contributed by atoms with Crippen LogP contribution >= 0.6 is 0 Å². The van der Waals surface area contributed by atoms with Crippen LogP contribution in [0.4, 0.5) is 0 Å². The van der Waals surface area contributed by atoms with Crippen molar-refractivity contribution in [3.05, 3.63) is 40.3 Å². The van der Waals surface area contributed by atoms with Crippen LogP contribution in [0.15, 0.2) is 29.1 Å². The minimum atomic E-state index is -0.215. The summed E-state index contributed by atoms with van der Waals surface area (Å²) in [6, 6.07) is 7.18. The number of quaternary nitrogens is 1. The quantitative estimate of drug-likeness (QED) is 0.706. The number of carbonyl (C=O) groups excluding carboxylic acids is 2. The second-order valence-electron chi connectivity index (χ2n) is 7.26. The van der Waals surface area contributed by atoms with Gasteiger partial charge in [0.25, 0.3) is 17.4 Å². The average molecular weight is 372 g/mol. The van der Waals surface area contributed by atoms with E-state index in [0.717, 1.165) is 4.90 Å². The van der Waals surface area contributed by atoms with E-state index in [1.165, 1.54) is 4.68 Å². The maximum absolute atomic E-state index is 13.0. The van der Waals surface area contributed by atoms with Crippen molar-refractivity contribution in [3.63, 3.8) is 0 Å². The van der Waals surface area contributed by atoms with Gasteiger partial charge in [0.05, 0.1) is 31.6 Å². The Morgan fingerprint density at radius 3 is 2.44 bits per heavy atom. The molecule has 0 spiro atoms. The van der Waals surface area contributed by atoms with Gasteiger partial charge in [-0.1, -0.05) is 18.2 Å². The summed E-state index contributed by atoms with van der Waals surface area (Å²) in [7, 11) is 1.56. The fourth-order valence-electron chi connectivity index (χ4n) is 3.41. The largest absolute Gasteiger partial charge is 0.349 e. The summed E-state index contributed by atoms with van der Waals surface area (Å²) in [6.45, 7) is 6.83. The highest BCUT2D eigenvalue weighted by Gasteiger charge is 2.28. The number of carbonyl (C=O) groups is 2. The lowest BCUT2D eigenvalue weighted by molar-refractivity contribution is -0.896. The number of fused-ring (bicyclic) bond motifs is 1. The van der Waals surface area contributed by atoms with Crippen LogP contribution in [0.2, 0.25) is 0 Å². The van der Waals surface area contributed by atoms with Crippen molar-refractivity contribution in [1.29, 1.82) is 0 Å². The smallest absolute Gasteiger partial charge is 0.275 e. The first-order chi connectivity index (χ1) is 12.9. The molecule has 2 N–H and O–H groups in total. The molecule has 0 aliphatic carbocycles. The number of amides is 2. The standard InChI is InChI=1S/C19H25N5O3/c1-13(2)20-16(25)12-23-8-10-24(11-9-23)19(27)17-14-6-4-5-7-15(14)18(26)22(3)21-17/h4-7,13H,8-12H2,1-3H3,(H,20,25)/p+1. The van der Waals surface area contributed by atoms with Gasteiger partial charge in [-0.05, 0) is 19.9 Å². The lowest BCUT2D eigenvalue weighted by atomic mass is 10.1. The number of nitrogens with one attached hydrogen (secondary N) is 2. The van der Waals surface area contributed by atoms with Crippen LogP contribution in [0, 0.1) is 0 Å². The lowest BCUT2D eigenvalue weighted by Crippen LogP contribution is -3.15. The molecule has 0 bridgehead atoms. The van der Waals surface area contributed by atoms with Crippen molar-refractivity contribution in [3.8, 4) is 0 Å². The monoisotopic (exact) mass is 372 g/mol. The zero-order valence-corrected chi connectivity index (χ0v) is 16.0. The van der Waals surface area contributed by atoms with E-state index in [2.05, 4.69) is 10.4 Å². The van der Waals surface area contributed by atoms with E-state index in [9.17, 15) is 14.4 Å². The second-order valence-corrected chi connectivity index (χ2v) is 7.26. The number of piperazine rings is 1. The van der Waals surface area contributed by atoms with Crippen molar-refractivity contribution in [2.45, 2.75) is 19.9 Å². The number of nitrogens with zero attached hydrogens (tertiary/aromatic N) is 3. The molecule has 144 valence electrons. The summed E-state index contributed by atoms with van der Waals surface area (Å²) < 4.78 is 1.22. The number of hydrogen-bond acceptors (Lipinski definition) is 4. The molecule has 8 heteroatoms. The third kappa shape index (κ3) is 4.16. The molecular formula is C19H26N5O3+. The molecule has 1 saturated heterocycles. The number of aromatic nitrogens is 2. The molecule has 8 nitrogen and oxygen atoms in total. The molecule has 1 aliphatic heterocycles. The van der Waals surface area contributed by atoms with Gasteiger partial charge < -0.3 is 15.1 Å². The van der Waals surface area contributed by atoms with Crippen LogP contribution in [-0.4, -0.2) is 65.3 Å². The highest BCUT2D eigenvalue weighted by molar-refractivity contribution is 6.04. The third-order valence-corrected chi connectivity index (χ3v) is 4.78. The minimum Gasteiger partial charge on any atom is -0.349 e. The van der Waals surface area contributed by atoms with Crippen LogP contribution in [0.3, 0.4) is 0 Å². The average Bonchev–Trinajstić information content (AvgIpc) is 2.64. The molecule has 1 fully saturated rings. The minimum absolute atomic E-state index is 0.0329. The van der Waals surface area contributed by atoms with Gasteiger partial charge in [-0.25, -0.2) is 4.68 Å². The fraction of sp³-hybridized carbons (Fsp3) is 0.474. The first kappa shape index (κ1) is 19.0. The summed E-state index contributed by atoms with van der Waals surface area (Å²) in [6.07, 6.45) is 0. The van der Waals surface area contributed by atoms with E-state index < -0.39 is 0 Å². The summed E-state index contributed by atoms with van der Waals surface area (Å²) in [5.41, 5.74) is 0.0845.